The van der Waals surface area contributed by atoms with Crippen LogP contribution < -0.4 is 5.32 Å². The summed E-state index contributed by atoms with van der Waals surface area (Å²) in [6.07, 6.45) is 0.938. The highest BCUT2D eigenvalue weighted by Gasteiger charge is 2.23. The fraction of sp³-hybridized carbons (Fsp3) is 0.300. The second kappa shape index (κ2) is 8.87. The summed E-state index contributed by atoms with van der Waals surface area (Å²) in [6.45, 7) is 0.630. The van der Waals surface area contributed by atoms with Crippen molar-refractivity contribution in [2.75, 3.05) is 17.7 Å². The molecule has 2 aromatic rings. The van der Waals surface area contributed by atoms with E-state index in [1.807, 2.05) is 42.5 Å². The van der Waals surface area contributed by atoms with E-state index in [1.54, 1.807) is 0 Å². The molecule has 1 heterocycles. The van der Waals surface area contributed by atoms with Crippen LogP contribution in [0.2, 0.25) is 0 Å². The number of benzene rings is 2. The second-order valence-corrected chi connectivity index (χ2v) is 7.13. The van der Waals surface area contributed by atoms with Crippen LogP contribution in [0, 0.1) is 0 Å². The predicted octanol–water partition coefficient (Wildman–Crippen LogP) is 3.65. The first kappa shape index (κ1) is 18.5. The molecule has 0 saturated carbocycles. The number of hydrogen-bond acceptors (Lipinski definition) is 4. The molecule has 3 rings (SSSR count). The molecule has 0 spiro atoms. The molecule has 0 saturated heterocycles. The Bertz CT molecular complexity index is 793. The largest absolute Gasteiger partial charge is 0.481 e. The third-order valence-corrected chi connectivity index (χ3v) is 5.16. The minimum Gasteiger partial charge on any atom is -0.481 e. The lowest BCUT2D eigenvalue weighted by atomic mass is 9.95. The first-order chi connectivity index (χ1) is 12.6. The number of aliphatic carboxylic acids is 1. The number of carboxylic acids is 1. The zero-order valence-corrected chi connectivity index (χ0v) is 15.1. The number of hydrogen-bond donors (Lipinski definition) is 2. The SMILES string of the molecule is O=C(O)CSCc1cccc(NC(=O)CC2OCCc3ccccc32)c1. The Morgan fingerprint density at radius 3 is 2.88 bits per heavy atom. The first-order valence-electron chi connectivity index (χ1n) is 8.49. The van der Waals surface area contributed by atoms with E-state index < -0.39 is 5.97 Å². The number of thioether (sulfide) groups is 1. The molecular weight excluding hydrogens is 350 g/mol. The Hall–Kier alpha value is -2.31. The lowest BCUT2D eigenvalue weighted by Gasteiger charge is -2.25. The maximum Gasteiger partial charge on any atom is 0.313 e. The molecule has 1 atom stereocenters. The van der Waals surface area contributed by atoms with Crippen LogP contribution in [-0.4, -0.2) is 29.3 Å². The molecular formula is C20H21NO4S. The van der Waals surface area contributed by atoms with Gasteiger partial charge >= 0.3 is 5.97 Å². The lowest BCUT2D eigenvalue weighted by Crippen LogP contribution is -2.22. The molecule has 1 unspecified atom stereocenters. The van der Waals surface area contributed by atoms with Gasteiger partial charge in [0.25, 0.3) is 0 Å². The summed E-state index contributed by atoms with van der Waals surface area (Å²) in [5.74, 6) is -0.265. The zero-order valence-electron chi connectivity index (χ0n) is 14.3. The average Bonchev–Trinajstić information content (AvgIpc) is 2.62. The van der Waals surface area contributed by atoms with Crippen molar-refractivity contribution in [3.8, 4) is 0 Å². The van der Waals surface area contributed by atoms with Crippen molar-refractivity contribution in [3.05, 3.63) is 65.2 Å². The van der Waals surface area contributed by atoms with Gasteiger partial charge in [-0.15, -0.1) is 11.8 Å². The molecule has 1 amide bonds. The van der Waals surface area contributed by atoms with Crippen molar-refractivity contribution in [1.82, 2.24) is 0 Å². The fourth-order valence-corrected chi connectivity index (χ4v) is 3.71. The molecule has 0 aromatic heterocycles. The summed E-state index contributed by atoms with van der Waals surface area (Å²) in [6, 6.07) is 15.6. The normalized spacial score (nSPS) is 15.9. The van der Waals surface area contributed by atoms with E-state index in [4.69, 9.17) is 9.84 Å². The molecule has 0 fully saturated rings. The van der Waals surface area contributed by atoms with Crippen LogP contribution in [-0.2, 0) is 26.5 Å². The highest BCUT2D eigenvalue weighted by Crippen LogP contribution is 2.29. The average molecular weight is 371 g/mol. The van der Waals surface area contributed by atoms with Crippen LogP contribution >= 0.6 is 11.8 Å². The Morgan fingerprint density at radius 1 is 1.19 bits per heavy atom. The highest BCUT2D eigenvalue weighted by atomic mass is 32.2. The molecule has 136 valence electrons. The highest BCUT2D eigenvalue weighted by molar-refractivity contribution is 7.99. The number of anilines is 1. The van der Waals surface area contributed by atoms with Crippen LogP contribution in [0.5, 0.6) is 0 Å². The first-order valence-corrected chi connectivity index (χ1v) is 9.65. The Labute approximate surface area is 156 Å². The molecule has 5 nitrogen and oxygen atoms in total. The summed E-state index contributed by atoms with van der Waals surface area (Å²) in [5, 5.41) is 11.6. The monoisotopic (exact) mass is 371 g/mol. The van der Waals surface area contributed by atoms with E-state index in [0.717, 1.165) is 17.5 Å². The number of ether oxygens (including phenoxy) is 1. The molecule has 0 aliphatic carbocycles. The van der Waals surface area contributed by atoms with Gasteiger partial charge in [-0.25, -0.2) is 0 Å². The third-order valence-electron chi connectivity index (χ3n) is 4.17. The Kier molecular flexibility index (Phi) is 6.30. The summed E-state index contributed by atoms with van der Waals surface area (Å²) in [7, 11) is 0. The van der Waals surface area contributed by atoms with Crippen molar-refractivity contribution >= 4 is 29.3 Å². The summed E-state index contributed by atoms with van der Waals surface area (Å²) in [5.41, 5.74) is 4.03. The lowest BCUT2D eigenvalue weighted by molar-refractivity contribution is -0.133. The van der Waals surface area contributed by atoms with Gasteiger partial charge in [0, 0.05) is 11.4 Å². The van der Waals surface area contributed by atoms with Gasteiger partial charge < -0.3 is 15.2 Å². The number of rotatable bonds is 7. The van der Waals surface area contributed by atoms with Crippen LogP contribution in [0.4, 0.5) is 5.69 Å². The fourth-order valence-electron chi connectivity index (χ4n) is 3.02. The number of fused-ring (bicyclic) bond motifs is 1. The van der Waals surface area contributed by atoms with E-state index in [9.17, 15) is 9.59 Å². The van der Waals surface area contributed by atoms with Gasteiger partial charge in [-0.2, -0.15) is 0 Å². The van der Waals surface area contributed by atoms with E-state index in [-0.39, 0.29) is 24.2 Å². The smallest absolute Gasteiger partial charge is 0.313 e. The van der Waals surface area contributed by atoms with Crippen molar-refractivity contribution in [1.29, 1.82) is 0 Å². The summed E-state index contributed by atoms with van der Waals surface area (Å²) < 4.78 is 5.79. The van der Waals surface area contributed by atoms with Crippen molar-refractivity contribution in [3.63, 3.8) is 0 Å². The van der Waals surface area contributed by atoms with Gasteiger partial charge in [0.05, 0.1) is 24.9 Å². The molecule has 1 aliphatic heterocycles. The number of nitrogens with one attached hydrogen (secondary N) is 1. The minimum absolute atomic E-state index is 0.0645. The zero-order chi connectivity index (χ0) is 18.4. The van der Waals surface area contributed by atoms with Gasteiger partial charge in [-0.3, -0.25) is 9.59 Å². The number of amides is 1. The van der Waals surface area contributed by atoms with E-state index in [0.29, 0.717) is 18.0 Å². The molecule has 26 heavy (non-hydrogen) atoms. The Balaban J connectivity index is 1.58. The Morgan fingerprint density at radius 2 is 2.04 bits per heavy atom. The van der Waals surface area contributed by atoms with Crippen molar-refractivity contribution in [2.24, 2.45) is 0 Å². The topological polar surface area (TPSA) is 75.6 Å². The molecule has 2 N–H and O–H groups in total. The van der Waals surface area contributed by atoms with Gasteiger partial charge in [0.15, 0.2) is 0 Å². The molecule has 6 heteroatoms. The molecule has 0 radical (unpaired) electrons. The van der Waals surface area contributed by atoms with Crippen molar-refractivity contribution < 1.29 is 19.4 Å². The van der Waals surface area contributed by atoms with Gasteiger partial charge in [-0.1, -0.05) is 36.4 Å². The van der Waals surface area contributed by atoms with Crippen LogP contribution in [0.15, 0.2) is 48.5 Å². The quantitative estimate of drug-likeness (QED) is 0.777. The van der Waals surface area contributed by atoms with Crippen LogP contribution in [0.25, 0.3) is 0 Å². The molecule has 1 aliphatic rings. The number of carboxylic acid groups (broad SMARTS) is 1. The molecule has 2 aromatic carbocycles. The van der Waals surface area contributed by atoms with E-state index >= 15 is 0 Å². The van der Waals surface area contributed by atoms with E-state index in [1.165, 1.54) is 17.3 Å². The van der Waals surface area contributed by atoms with Gasteiger partial charge in [0.2, 0.25) is 5.91 Å². The van der Waals surface area contributed by atoms with Crippen LogP contribution in [0.1, 0.15) is 29.2 Å². The number of carbonyl (C=O) groups is 2. The summed E-state index contributed by atoms with van der Waals surface area (Å²) >= 11 is 1.33. The maximum absolute atomic E-state index is 12.4. The minimum atomic E-state index is -0.827. The predicted molar refractivity (Wildman–Crippen MR) is 102 cm³/mol. The van der Waals surface area contributed by atoms with E-state index in [2.05, 4.69) is 11.4 Å². The van der Waals surface area contributed by atoms with Gasteiger partial charge in [0.1, 0.15) is 0 Å². The molecule has 0 bridgehead atoms. The van der Waals surface area contributed by atoms with Crippen LogP contribution in [0.3, 0.4) is 0 Å². The van der Waals surface area contributed by atoms with Crippen molar-refractivity contribution in [2.45, 2.75) is 24.7 Å². The maximum atomic E-state index is 12.4. The van der Waals surface area contributed by atoms with Gasteiger partial charge in [-0.05, 0) is 35.2 Å². The standard InChI is InChI=1S/C20H21NO4S/c22-19(11-18-17-7-2-1-5-15(17)8-9-25-18)21-16-6-3-4-14(10-16)12-26-13-20(23)24/h1-7,10,18H,8-9,11-13H2,(H,21,22)(H,23,24). The third kappa shape index (κ3) is 5.09. The second-order valence-electron chi connectivity index (χ2n) is 6.15. The summed E-state index contributed by atoms with van der Waals surface area (Å²) in [4.78, 5) is 23.0. The number of carbonyl (C=O) groups excluding carboxylic acids is 1.